The molecule has 0 amide bonds. The minimum atomic E-state index is -3.05. The van der Waals surface area contributed by atoms with Crippen molar-refractivity contribution in [1.82, 2.24) is 0 Å². The lowest BCUT2D eigenvalue weighted by atomic mass is 10.0. The van der Waals surface area contributed by atoms with Crippen LogP contribution < -0.4 is 0 Å². The third-order valence-electron chi connectivity index (χ3n) is 1.93. The van der Waals surface area contributed by atoms with Crippen molar-refractivity contribution in [1.29, 1.82) is 0 Å². The average molecular weight is 265 g/mol. The van der Waals surface area contributed by atoms with Crippen molar-refractivity contribution in [2.75, 3.05) is 0 Å². The zero-order chi connectivity index (χ0) is 10.8. The van der Waals surface area contributed by atoms with Crippen molar-refractivity contribution in [3.05, 3.63) is 34.3 Å². The van der Waals surface area contributed by atoms with E-state index < -0.39 is 12.0 Å². The molecule has 0 saturated heterocycles. The highest BCUT2D eigenvalue weighted by molar-refractivity contribution is 9.10. The van der Waals surface area contributed by atoms with Gasteiger partial charge in [0, 0.05) is 17.8 Å². The molecule has 1 unspecified atom stereocenters. The minimum absolute atomic E-state index is 0.0310. The molecule has 4 heteroatoms. The third-order valence-corrected chi connectivity index (χ3v) is 2.46. The molecule has 1 rings (SSSR count). The molecule has 0 fully saturated rings. The first-order valence-electron chi connectivity index (χ1n) is 4.20. The van der Waals surface area contributed by atoms with Crippen LogP contribution >= 0.6 is 15.9 Å². The van der Waals surface area contributed by atoms with E-state index in [4.69, 9.17) is 5.11 Å². The van der Waals surface area contributed by atoms with E-state index >= 15 is 0 Å². The Bertz CT molecular complexity index is 292. The lowest BCUT2D eigenvalue weighted by Gasteiger charge is -2.17. The number of halogens is 3. The molecule has 0 saturated carbocycles. The van der Waals surface area contributed by atoms with Gasteiger partial charge < -0.3 is 5.11 Å². The molecule has 0 aliphatic heterocycles. The van der Waals surface area contributed by atoms with Gasteiger partial charge in [0.05, 0.1) is 0 Å². The van der Waals surface area contributed by atoms with Crippen molar-refractivity contribution >= 4 is 15.9 Å². The first kappa shape index (κ1) is 11.6. The van der Waals surface area contributed by atoms with Gasteiger partial charge in [-0.3, -0.25) is 0 Å². The topological polar surface area (TPSA) is 20.2 Å². The molecule has 78 valence electrons. The Hall–Kier alpha value is -0.480. The van der Waals surface area contributed by atoms with Gasteiger partial charge in [-0.1, -0.05) is 28.1 Å². The predicted molar refractivity (Wildman–Crippen MR) is 54.5 cm³/mol. The van der Waals surface area contributed by atoms with Crippen molar-refractivity contribution in [2.24, 2.45) is 0 Å². The van der Waals surface area contributed by atoms with Gasteiger partial charge in [-0.15, -0.1) is 0 Å². The Labute approximate surface area is 89.9 Å². The Morgan fingerprint density at radius 2 is 1.86 bits per heavy atom. The highest BCUT2D eigenvalue weighted by atomic mass is 79.9. The standard InChI is InChI=1S/C10H11BrF2O/c1-10(12,13)9(14)6-7-2-4-8(11)5-3-7/h2-5,9,14H,6H2,1H3. The average Bonchev–Trinajstić information content (AvgIpc) is 2.07. The monoisotopic (exact) mass is 264 g/mol. The van der Waals surface area contributed by atoms with Gasteiger partial charge in [-0.2, -0.15) is 0 Å². The van der Waals surface area contributed by atoms with E-state index in [9.17, 15) is 8.78 Å². The van der Waals surface area contributed by atoms with Crippen LogP contribution in [-0.4, -0.2) is 17.1 Å². The van der Waals surface area contributed by atoms with Crippen molar-refractivity contribution in [2.45, 2.75) is 25.4 Å². The summed E-state index contributed by atoms with van der Waals surface area (Å²) in [5.41, 5.74) is 0.697. The van der Waals surface area contributed by atoms with Crippen molar-refractivity contribution in [3.8, 4) is 0 Å². The summed E-state index contributed by atoms with van der Waals surface area (Å²) in [4.78, 5) is 0. The predicted octanol–water partition coefficient (Wildman–Crippen LogP) is 3.01. The van der Waals surface area contributed by atoms with Crippen LogP contribution in [0.4, 0.5) is 8.78 Å². The minimum Gasteiger partial charge on any atom is -0.387 e. The van der Waals surface area contributed by atoms with E-state index in [0.717, 1.165) is 11.4 Å². The summed E-state index contributed by atoms with van der Waals surface area (Å²) in [6.45, 7) is 0.719. The van der Waals surface area contributed by atoms with Crippen LogP contribution in [0.25, 0.3) is 0 Å². The van der Waals surface area contributed by atoms with E-state index in [1.54, 1.807) is 24.3 Å². The van der Waals surface area contributed by atoms with Gasteiger partial charge in [0.25, 0.3) is 5.92 Å². The Morgan fingerprint density at radius 3 is 2.29 bits per heavy atom. The van der Waals surface area contributed by atoms with Gasteiger partial charge in [-0.05, 0) is 17.7 Å². The maximum atomic E-state index is 12.6. The number of rotatable bonds is 3. The summed E-state index contributed by atoms with van der Waals surface area (Å²) in [6.07, 6.45) is -1.65. The smallest absolute Gasteiger partial charge is 0.271 e. The third kappa shape index (κ3) is 3.35. The number of alkyl halides is 2. The molecule has 0 bridgehead atoms. The molecule has 0 radical (unpaired) electrons. The van der Waals surface area contributed by atoms with Crippen LogP contribution in [0.1, 0.15) is 12.5 Å². The van der Waals surface area contributed by atoms with Crippen LogP contribution in [-0.2, 0) is 6.42 Å². The van der Waals surface area contributed by atoms with Crippen molar-refractivity contribution < 1.29 is 13.9 Å². The molecule has 14 heavy (non-hydrogen) atoms. The molecule has 0 aliphatic carbocycles. The maximum Gasteiger partial charge on any atom is 0.271 e. The summed E-state index contributed by atoms with van der Waals surface area (Å²) in [7, 11) is 0. The summed E-state index contributed by atoms with van der Waals surface area (Å²) < 4.78 is 26.1. The number of aliphatic hydroxyl groups excluding tert-OH is 1. The molecular formula is C10H11BrF2O. The molecule has 1 N–H and O–H groups in total. The van der Waals surface area contributed by atoms with Crippen molar-refractivity contribution in [3.63, 3.8) is 0 Å². The van der Waals surface area contributed by atoms with E-state index in [2.05, 4.69) is 15.9 Å². The number of benzene rings is 1. The molecule has 0 heterocycles. The fourth-order valence-corrected chi connectivity index (χ4v) is 1.29. The Kier molecular flexibility index (Phi) is 3.61. The zero-order valence-corrected chi connectivity index (χ0v) is 9.26. The van der Waals surface area contributed by atoms with E-state index in [1.165, 1.54) is 0 Å². The summed E-state index contributed by atoms with van der Waals surface area (Å²) in [5, 5.41) is 9.15. The SMILES string of the molecule is CC(F)(F)C(O)Cc1ccc(Br)cc1. The number of hydrogen-bond acceptors (Lipinski definition) is 1. The summed E-state index contributed by atoms with van der Waals surface area (Å²) in [5.74, 6) is -3.05. The fourth-order valence-electron chi connectivity index (χ4n) is 1.02. The highest BCUT2D eigenvalue weighted by Crippen LogP contribution is 2.21. The lowest BCUT2D eigenvalue weighted by Crippen LogP contribution is -2.31. The van der Waals surface area contributed by atoms with E-state index in [-0.39, 0.29) is 6.42 Å². The van der Waals surface area contributed by atoms with E-state index in [1.807, 2.05) is 0 Å². The summed E-state index contributed by atoms with van der Waals surface area (Å²) in [6, 6.07) is 6.93. The van der Waals surface area contributed by atoms with Gasteiger partial charge in [0.15, 0.2) is 0 Å². The van der Waals surface area contributed by atoms with Gasteiger partial charge >= 0.3 is 0 Å². The van der Waals surface area contributed by atoms with Crippen LogP contribution in [0, 0.1) is 0 Å². The molecule has 1 atom stereocenters. The van der Waals surface area contributed by atoms with Gasteiger partial charge in [0.1, 0.15) is 6.10 Å². The largest absolute Gasteiger partial charge is 0.387 e. The molecule has 0 aromatic heterocycles. The molecule has 1 nitrogen and oxygen atoms in total. The maximum absolute atomic E-state index is 12.6. The first-order chi connectivity index (χ1) is 6.39. The van der Waals surface area contributed by atoms with Crippen LogP contribution in [0.2, 0.25) is 0 Å². The first-order valence-corrected chi connectivity index (χ1v) is 4.99. The molecular weight excluding hydrogens is 254 g/mol. The van der Waals surface area contributed by atoms with Gasteiger partial charge in [-0.25, -0.2) is 8.78 Å². The Morgan fingerprint density at radius 1 is 1.36 bits per heavy atom. The highest BCUT2D eigenvalue weighted by Gasteiger charge is 2.31. The normalized spacial score (nSPS) is 14.1. The van der Waals surface area contributed by atoms with Crippen LogP contribution in [0.5, 0.6) is 0 Å². The number of aliphatic hydroxyl groups is 1. The number of hydrogen-bond donors (Lipinski definition) is 1. The zero-order valence-electron chi connectivity index (χ0n) is 7.67. The molecule has 1 aromatic carbocycles. The molecule has 0 aliphatic rings. The lowest BCUT2D eigenvalue weighted by molar-refractivity contribution is -0.0921. The molecule has 1 aromatic rings. The summed E-state index contributed by atoms with van der Waals surface area (Å²) >= 11 is 3.24. The van der Waals surface area contributed by atoms with Crippen LogP contribution in [0.3, 0.4) is 0 Å². The Balaban J connectivity index is 2.65. The molecule has 0 spiro atoms. The quantitative estimate of drug-likeness (QED) is 0.890. The van der Waals surface area contributed by atoms with Crippen LogP contribution in [0.15, 0.2) is 28.7 Å². The van der Waals surface area contributed by atoms with E-state index in [0.29, 0.717) is 5.56 Å². The van der Waals surface area contributed by atoms with Gasteiger partial charge in [0.2, 0.25) is 0 Å². The second kappa shape index (κ2) is 4.36. The second-order valence-electron chi connectivity index (χ2n) is 3.30. The fraction of sp³-hybridized carbons (Fsp3) is 0.400. The second-order valence-corrected chi connectivity index (χ2v) is 4.22.